The molecule has 0 aliphatic rings. The molecule has 2 aromatic rings. The number of anilines is 1. The van der Waals surface area contributed by atoms with Gasteiger partial charge in [0.1, 0.15) is 0 Å². The fourth-order valence-corrected chi connectivity index (χ4v) is 1.70. The molecule has 0 radical (unpaired) electrons. The lowest BCUT2D eigenvalue weighted by molar-refractivity contribution is -0.119. The zero-order valence-corrected chi connectivity index (χ0v) is 11.7. The van der Waals surface area contributed by atoms with Crippen LogP contribution in [-0.4, -0.2) is 35.3 Å². The molecule has 0 bridgehead atoms. The smallest absolute Gasteiger partial charge is 0.319 e. The summed E-state index contributed by atoms with van der Waals surface area (Å²) in [6, 6.07) is 8.88. The molecule has 110 valence electrons. The van der Waals surface area contributed by atoms with Gasteiger partial charge in [-0.2, -0.15) is 5.10 Å². The zero-order chi connectivity index (χ0) is 15.1. The monoisotopic (exact) mass is 287 g/mol. The van der Waals surface area contributed by atoms with Crippen molar-refractivity contribution >= 4 is 17.6 Å². The normalized spacial score (nSPS) is 9.95. The Morgan fingerprint density at radius 2 is 2.00 bits per heavy atom. The molecule has 0 fully saturated rings. The third-order valence-corrected chi connectivity index (χ3v) is 2.80. The average Bonchev–Trinajstić information content (AvgIpc) is 3.00. The molecule has 3 amide bonds. The van der Waals surface area contributed by atoms with Crippen LogP contribution >= 0.6 is 0 Å². The van der Waals surface area contributed by atoms with E-state index in [1.807, 2.05) is 29.1 Å². The Balaban J connectivity index is 1.84. The molecule has 0 saturated heterocycles. The lowest BCUT2D eigenvalue weighted by Gasteiger charge is -2.08. The van der Waals surface area contributed by atoms with Gasteiger partial charge < -0.3 is 16.0 Å². The summed E-state index contributed by atoms with van der Waals surface area (Å²) >= 11 is 0. The van der Waals surface area contributed by atoms with Gasteiger partial charge in [-0.25, -0.2) is 4.79 Å². The summed E-state index contributed by atoms with van der Waals surface area (Å²) in [6.07, 6.45) is 3.62. The third kappa shape index (κ3) is 4.64. The van der Waals surface area contributed by atoms with E-state index in [0.717, 1.165) is 5.56 Å². The predicted octanol–water partition coefficient (Wildman–Crippen LogP) is 0.799. The van der Waals surface area contributed by atoms with Crippen LogP contribution < -0.4 is 16.0 Å². The van der Waals surface area contributed by atoms with Crippen molar-refractivity contribution in [3.8, 4) is 0 Å². The van der Waals surface area contributed by atoms with E-state index in [9.17, 15) is 9.59 Å². The summed E-state index contributed by atoms with van der Waals surface area (Å²) in [4.78, 5) is 22.6. The van der Waals surface area contributed by atoms with Crippen LogP contribution in [0.15, 0.2) is 42.7 Å². The minimum Gasteiger partial charge on any atom is -0.358 e. The molecule has 0 unspecified atom stereocenters. The largest absolute Gasteiger partial charge is 0.358 e. The maximum Gasteiger partial charge on any atom is 0.319 e. The molecule has 7 nitrogen and oxygen atoms in total. The second-order valence-electron chi connectivity index (χ2n) is 4.38. The quantitative estimate of drug-likeness (QED) is 0.760. The molecular formula is C14H17N5O2. The van der Waals surface area contributed by atoms with Gasteiger partial charge in [0.15, 0.2) is 0 Å². The number of nitrogens with zero attached hydrogens (tertiary/aromatic N) is 2. The molecule has 0 spiro atoms. The first kappa shape index (κ1) is 14.6. The van der Waals surface area contributed by atoms with Gasteiger partial charge in [-0.05, 0) is 23.8 Å². The van der Waals surface area contributed by atoms with Gasteiger partial charge >= 0.3 is 6.03 Å². The number of aromatic nitrogens is 2. The molecule has 21 heavy (non-hydrogen) atoms. The number of benzene rings is 1. The highest BCUT2D eigenvalue weighted by Crippen LogP contribution is 2.10. The Bertz CT molecular complexity index is 592. The van der Waals surface area contributed by atoms with Gasteiger partial charge in [-0.1, -0.05) is 12.1 Å². The lowest BCUT2D eigenvalue weighted by Crippen LogP contribution is -2.37. The van der Waals surface area contributed by atoms with Crippen molar-refractivity contribution in [3.05, 3.63) is 48.3 Å². The number of carbonyl (C=O) groups excluding carboxylic acids is 2. The van der Waals surface area contributed by atoms with Gasteiger partial charge in [-0.3, -0.25) is 9.48 Å². The van der Waals surface area contributed by atoms with E-state index in [-0.39, 0.29) is 12.5 Å². The van der Waals surface area contributed by atoms with Crippen LogP contribution in [0.4, 0.5) is 10.5 Å². The predicted molar refractivity (Wildman–Crippen MR) is 78.9 cm³/mol. The number of hydrogen-bond acceptors (Lipinski definition) is 3. The summed E-state index contributed by atoms with van der Waals surface area (Å²) in [6.45, 7) is 0.621. The summed E-state index contributed by atoms with van der Waals surface area (Å²) in [5.74, 6) is -0.250. The number of likely N-dealkylation sites (N-methyl/N-ethyl adjacent to an activating group) is 1. The van der Waals surface area contributed by atoms with Gasteiger partial charge in [-0.15, -0.1) is 0 Å². The van der Waals surface area contributed by atoms with Crippen LogP contribution in [-0.2, 0) is 11.3 Å². The minimum atomic E-state index is -0.418. The first-order chi connectivity index (χ1) is 10.2. The first-order valence-electron chi connectivity index (χ1n) is 6.49. The highest BCUT2D eigenvalue weighted by molar-refractivity contribution is 5.92. The summed E-state index contributed by atoms with van der Waals surface area (Å²) < 4.78 is 1.82. The average molecular weight is 287 g/mol. The van der Waals surface area contributed by atoms with E-state index in [0.29, 0.717) is 12.2 Å². The SMILES string of the molecule is CNC(=O)CNC(=O)Nc1ccc(Cn2cccn2)cc1. The topological polar surface area (TPSA) is 88.0 Å². The standard InChI is InChI=1S/C14H17N5O2/c1-15-13(20)9-16-14(21)18-12-5-3-11(4-6-12)10-19-8-2-7-17-19/h2-8H,9-10H2,1H3,(H,15,20)(H2,16,18,21). The third-order valence-electron chi connectivity index (χ3n) is 2.80. The molecule has 3 N–H and O–H groups in total. The highest BCUT2D eigenvalue weighted by Gasteiger charge is 2.04. The van der Waals surface area contributed by atoms with E-state index in [1.165, 1.54) is 7.05 Å². The van der Waals surface area contributed by atoms with Gasteiger partial charge in [0.25, 0.3) is 0 Å². The Labute approximate surface area is 122 Å². The lowest BCUT2D eigenvalue weighted by atomic mass is 10.2. The van der Waals surface area contributed by atoms with E-state index in [2.05, 4.69) is 21.0 Å². The number of nitrogens with one attached hydrogen (secondary N) is 3. The summed E-state index contributed by atoms with van der Waals surface area (Å²) in [5.41, 5.74) is 1.74. The van der Waals surface area contributed by atoms with Gasteiger partial charge in [0, 0.05) is 25.1 Å². The fraction of sp³-hybridized carbons (Fsp3) is 0.214. The van der Waals surface area contributed by atoms with Crippen LogP contribution in [0.5, 0.6) is 0 Å². The van der Waals surface area contributed by atoms with E-state index >= 15 is 0 Å². The highest BCUT2D eigenvalue weighted by atomic mass is 16.2. The van der Waals surface area contributed by atoms with Crippen LogP contribution in [0.25, 0.3) is 0 Å². The van der Waals surface area contributed by atoms with Crippen LogP contribution in [0.3, 0.4) is 0 Å². The molecule has 2 rings (SSSR count). The molecule has 1 heterocycles. The molecule has 7 heteroatoms. The van der Waals surface area contributed by atoms with Crippen LogP contribution in [0, 0.1) is 0 Å². The molecule has 1 aromatic carbocycles. The van der Waals surface area contributed by atoms with E-state index in [1.54, 1.807) is 18.3 Å². The number of carbonyl (C=O) groups is 2. The Morgan fingerprint density at radius 1 is 1.24 bits per heavy atom. The van der Waals surface area contributed by atoms with E-state index < -0.39 is 6.03 Å². The van der Waals surface area contributed by atoms with Crippen molar-refractivity contribution in [3.63, 3.8) is 0 Å². The zero-order valence-electron chi connectivity index (χ0n) is 11.7. The molecule has 0 aliphatic carbocycles. The van der Waals surface area contributed by atoms with Crippen LogP contribution in [0.2, 0.25) is 0 Å². The number of amides is 3. The van der Waals surface area contributed by atoms with Crippen molar-refractivity contribution in [1.29, 1.82) is 0 Å². The molecular weight excluding hydrogens is 270 g/mol. The Morgan fingerprint density at radius 3 is 2.62 bits per heavy atom. The second kappa shape index (κ2) is 7.09. The fourth-order valence-electron chi connectivity index (χ4n) is 1.70. The van der Waals surface area contributed by atoms with Crippen molar-refractivity contribution in [2.24, 2.45) is 0 Å². The maximum atomic E-state index is 11.6. The number of hydrogen-bond donors (Lipinski definition) is 3. The van der Waals surface area contributed by atoms with Gasteiger partial charge in [0.05, 0.1) is 13.1 Å². The molecule has 1 aromatic heterocycles. The maximum absolute atomic E-state index is 11.6. The summed E-state index contributed by atoms with van der Waals surface area (Å²) in [7, 11) is 1.51. The van der Waals surface area contributed by atoms with Crippen molar-refractivity contribution < 1.29 is 9.59 Å². The van der Waals surface area contributed by atoms with Gasteiger partial charge in [0.2, 0.25) is 5.91 Å². The minimum absolute atomic E-state index is 0.0558. The van der Waals surface area contributed by atoms with Crippen LogP contribution in [0.1, 0.15) is 5.56 Å². The Kier molecular flexibility index (Phi) is 4.92. The molecule has 0 saturated carbocycles. The van der Waals surface area contributed by atoms with Crippen molar-refractivity contribution in [2.45, 2.75) is 6.54 Å². The summed E-state index contributed by atoms with van der Waals surface area (Å²) in [5, 5.41) is 11.7. The second-order valence-corrected chi connectivity index (χ2v) is 4.38. The first-order valence-corrected chi connectivity index (χ1v) is 6.49. The van der Waals surface area contributed by atoms with Crippen molar-refractivity contribution in [1.82, 2.24) is 20.4 Å². The molecule has 0 atom stereocenters. The van der Waals surface area contributed by atoms with E-state index in [4.69, 9.17) is 0 Å². The number of rotatable bonds is 5. The molecule has 0 aliphatic heterocycles. The number of urea groups is 1. The Hall–Kier alpha value is -2.83. The van der Waals surface area contributed by atoms with Crippen molar-refractivity contribution in [2.75, 3.05) is 18.9 Å².